The molecule has 0 spiro atoms. The van der Waals surface area contributed by atoms with Gasteiger partial charge in [-0.3, -0.25) is 10.1 Å². The number of aryl methyl sites for hydroxylation is 1. The van der Waals surface area contributed by atoms with E-state index >= 15 is 0 Å². The molecule has 4 heteroatoms. The molecule has 1 fully saturated rings. The number of carbonyl (C=O) groups is 1. The van der Waals surface area contributed by atoms with Gasteiger partial charge in [0.25, 0.3) is 0 Å². The number of benzene rings is 2. The van der Waals surface area contributed by atoms with Gasteiger partial charge in [0.05, 0.1) is 16.4 Å². The fourth-order valence-electron chi connectivity index (χ4n) is 3.24. The lowest BCUT2D eigenvalue weighted by Crippen LogP contribution is -2.29. The minimum atomic E-state index is -0.377. The second kappa shape index (κ2) is 5.23. The number of para-hydroxylation sites is 2. The number of amides is 1. The smallest absolute Gasteiger partial charge is 0.237 e. The van der Waals surface area contributed by atoms with Crippen LogP contribution in [-0.2, 0) is 16.8 Å². The summed E-state index contributed by atoms with van der Waals surface area (Å²) in [5.41, 5.74) is 2.68. The molecule has 0 atom stereocenters. The number of imidazole rings is 1. The Labute approximate surface area is 135 Å². The summed E-state index contributed by atoms with van der Waals surface area (Å²) in [5.74, 6) is 0.689. The van der Waals surface area contributed by atoms with E-state index in [0.29, 0.717) is 5.95 Å². The molecule has 4 rings (SSSR count). The van der Waals surface area contributed by atoms with Crippen LogP contribution in [0.15, 0.2) is 54.6 Å². The second-order valence-electron chi connectivity index (χ2n) is 6.07. The van der Waals surface area contributed by atoms with Crippen LogP contribution >= 0.6 is 0 Å². The molecule has 1 amide bonds. The standard InChI is InChI=1S/C19H19N3O/c1-2-22-16-11-7-6-10-15(16)20-18(22)21-17(23)19(12-13-19)14-8-4-3-5-9-14/h3-11H,2,12-13H2,1H3,(H,20,21,23). The summed E-state index contributed by atoms with van der Waals surface area (Å²) >= 11 is 0. The van der Waals surface area contributed by atoms with Crippen molar-refractivity contribution in [3.8, 4) is 0 Å². The third-order valence-electron chi connectivity index (χ3n) is 4.71. The largest absolute Gasteiger partial charge is 0.310 e. The average Bonchev–Trinajstić information content (AvgIpc) is 3.33. The first-order valence-corrected chi connectivity index (χ1v) is 8.07. The molecule has 0 bridgehead atoms. The van der Waals surface area contributed by atoms with E-state index in [9.17, 15) is 4.79 Å². The number of aromatic nitrogens is 2. The summed E-state index contributed by atoms with van der Waals surface area (Å²) in [6, 6.07) is 18.0. The Kier molecular flexibility index (Phi) is 3.18. The molecule has 3 aromatic rings. The average molecular weight is 305 g/mol. The molecule has 0 aliphatic heterocycles. The Morgan fingerprint density at radius 1 is 1.13 bits per heavy atom. The maximum absolute atomic E-state index is 12.9. The molecule has 1 aliphatic rings. The number of rotatable bonds is 4. The molecule has 4 nitrogen and oxygen atoms in total. The fraction of sp³-hybridized carbons (Fsp3) is 0.263. The molecule has 1 aliphatic carbocycles. The zero-order chi connectivity index (χ0) is 15.9. The van der Waals surface area contributed by atoms with Crippen molar-refractivity contribution in [2.45, 2.75) is 31.7 Å². The number of carbonyl (C=O) groups excluding carboxylic acids is 1. The molecular formula is C19H19N3O. The van der Waals surface area contributed by atoms with Gasteiger partial charge in [-0.05, 0) is 37.5 Å². The van der Waals surface area contributed by atoms with Crippen molar-refractivity contribution in [2.24, 2.45) is 0 Å². The van der Waals surface area contributed by atoms with Gasteiger partial charge in [0.2, 0.25) is 11.9 Å². The van der Waals surface area contributed by atoms with Gasteiger partial charge in [0.15, 0.2) is 0 Å². The van der Waals surface area contributed by atoms with Gasteiger partial charge in [0.1, 0.15) is 0 Å². The summed E-state index contributed by atoms with van der Waals surface area (Å²) in [5, 5.41) is 3.07. The van der Waals surface area contributed by atoms with Crippen LogP contribution in [0, 0.1) is 0 Å². The third-order valence-corrected chi connectivity index (χ3v) is 4.71. The van der Waals surface area contributed by atoms with Crippen molar-refractivity contribution in [2.75, 3.05) is 5.32 Å². The number of hydrogen-bond donors (Lipinski definition) is 1. The van der Waals surface area contributed by atoms with Crippen LogP contribution in [0.1, 0.15) is 25.3 Å². The lowest BCUT2D eigenvalue weighted by molar-refractivity contribution is -0.118. The Morgan fingerprint density at radius 2 is 1.83 bits per heavy atom. The molecule has 1 aromatic heterocycles. The summed E-state index contributed by atoms with van der Waals surface area (Å²) in [6.07, 6.45) is 1.80. The molecule has 23 heavy (non-hydrogen) atoms. The van der Waals surface area contributed by atoms with Gasteiger partial charge < -0.3 is 4.57 Å². The zero-order valence-corrected chi connectivity index (χ0v) is 13.1. The van der Waals surface area contributed by atoms with Crippen LogP contribution in [0.4, 0.5) is 5.95 Å². The van der Waals surface area contributed by atoms with E-state index in [1.54, 1.807) is 0 Å². The van der Waals surface area contributed by atoms with Crippen molar-refractivity contribution < 1.29 is 4.79 Å². The first kappa shape index (κ1) is 14.0. The van der Waals surface area contributed by atoms with Crippen LogP contribution < -0.4 is 5.32 Å². The van der Waals surface area contributed by atoms with Gasteiger partial charge in [0, 0.05) is 6.54 Å². The predicted octanol–water partition coefficient (Wildman–Crippen LogP) is 3.73. The first-order chi connectivity index (χ1) is 11.2. The summed E-state index contributed by atoms with van der Waals surface area (Å²) in [6.45, 7) is 2.84. The van der Waals surface area contributed by atoms with Crippen molar-refractivity contribution >= 4 is 22.9 Å². The molecule has 0 radical (unpaired) electrons. The van der Waals surface area contributed by atoms with E-state index in [1.165, 1.54) is 0 Å². The Balaban J connectivity index is 1.67. The van der Waals surface area contributed by atoms with Gasteiger partial charge in [-0.2, -0.15) is 0 Å². The normalized spacial score (nSPS) is 15.5. The van der Waals surface area contributed by atoms with Crippen molar-refractivity contribution in [1.29, 1.82) is 0 Å². The second-order valence-corrected chi connectivity index (χ2v) is 6.07. The van der Waals surface area contributed by atoms with E-state index < -0.39 is 0 Å². The van der Waals surface area contributed by atoms with Crippen LogP contribution in [0.3, 0.4) is 0 Å². The van der Waals surface area contributed by atoms with Gasteiger partial charge in [-0.15, -0.1) is 0 Å². The van der Waals surface area contributed by atoms with E-state index in [4.69, 9.17) is 0 Å². The molecule has 2 aromatic carbocycles. The highest BCUT2D eigenvalue weighted by Crippen LogP contribution is 2.48. The highest BCUT2D eigenvalue weighted by Gasteiger charge is 2.51. The van der Waals surface area contributed by atoms with E-state index in [0.717, 1.165) is 36.0 Å². The van der Waals surface area contributed by atoms with E-state index in [1.807, 2.05) is 59.2 Å². The van der Waals surface area contributed by atoms with Crippen LogP contribution in [0.2, 0.25) is 0 Å². The fourth-order valence-corrected chi connectivity index (χ4v) is 3.24. The number of hydrogen-bond acceptors (Lipinski definition) is 2. The van der Waals surface area contributed by atoms with Crippen molar-refractivity contribution in [3.05, 3.63) is 60.2 Å². The number of nitrogens with one attached hydrogen (secondary N) is 1. The monoisotopic (exact) mass is 305 g/mol. The van der Waals surface area contributed by atoms with Gasteiger partial charge in [-0.1, -0.05) is 42.5 Å². The number of nitrogens with zero attached hydrogens (tertiary/aromatic N) is 2. The molecule has 0 saturated heterocycles. The third kappa shape index (κ3) is 2.22. The van der Waals surface area contributed by atoms with Crippen LogP contribution in [0.5, 0.6) is 0 Å². The van der Waals surface area contributed by atoms with Crippen molar-refractivity contribution in [1.82, 2.24) is 9.55 Å². The highest BCUT2D eigenvalue weighted by atomic mass is 16.2. The maximum Gasteiger partial charge on any atom is 0.237 e. The maximum atomic E-state index is 12.9. The Hall–Kier alpha value is -2.62. The number of fused-ring (bicyclic) bond motifs is 1. The minimum absolute atomic E-state index is 0.0497. The van der Waals surface area contributed by atoms with E-state index in [-0.39, 0.29) is 11.3 Å². The topological polar surface area (TPSA) is 46.9 Å². The quantitative estimate of drug-likeness (QED) is 0.798. The van der Waals surface area contributed by atoms with Crippen molar-refractivity contribution in [3.63, 3.8) is 0 Å². The Bertz CT molecular complexity index is 863. The molecule has 1 heterocycles. The molecular weight excluding hydrogens is 286 g/mol. The minimum Gasteiger partial charge on any atom is -0.310 e. The summed E-state index contributed by atoms with van der Waals surface area (Å²) in [7, 11) is 0. The van der Waals surface area contributed by atoms with Gasteiger partial charge >= 0.3 is 0 Å². The zero-order valence-electron chi connectivity index (χ0n) is 13.1. The number of anilines is 1. The first-order valence-electron chi connectivity index (χ1n) is 8.07. The lowest BCUT2D eigenvalue weighted by Gasteiger charge is -2.16. The summed E-state index contributed by atoms with van der Waals surface area (Å²) < 4.78 is 2.05. The van der Waals surface area contributed by atoms with Crippen LogP contribution in [0.25, 0.3) is 11.0 Å². The molecule has 1 saturated carbocycles. The lowest BCUT2D eigenvalue weighted by atomic mass is 9.95. The predicted molar refractivity (Wildman–Crippen MR) is 91.4 cm³/mol. The molecule has 116 valence electrons. The van der Waals surface area contributed by atoms with E-state index in [2.05, 4.69) is 17.2 Å². The highest BCUT2D eigenvalue weighted by molar-refractivity contribution is 6.01. The summed E-state index contributed by atoms with van der Waals surface area (Å²) in [4.78, 5) is 17.5. The van der Waals surface area contributed by atoms with Crippen LogP contribution in [-0.4, -0.2) is 15.5 Å². The van der Waals surface area contributed by atoms with Gasteiger partial charge in [-0.25, -0.2) is 4.98 Å². The Morgan fingerprint density at radius 3 is 2.52 bits per heavy atom. The molecule has 1 N–H and O–H groups in total. The molecule has 0 unspecified atom stereocenters. The SMILES string of the molecule is CCn1c(NC(=O)C2(c3ccccc3)CC2)nc2ccccc21.